The fourth-order valence-corrected chi connectivity index (χ4v) is 2.00. The smallest absolute Gasteiger partial charge is 0.394 e. The molecule has 1 N–H and O–H groups in total. The van der Waals surface area contributed by atoms with Gasteiger partial charge < -0.3 is 28.8 Å². The average Bonchev–Trinajstić information content (AvgIpc) is 2.76. The number of alkyl halides is 12. The Morgan fingerprint density at radius 1 is 0.436 bits per heavy atom. The van der Waals surface area contributed by atoms with E-state index in [-0.39, 0.29) is 39.6 Å². The van der Waals surface area contributed by atoms with E-state index >= 15 is 0 Å². The van der Waals surface area contributed by atoms with Gasteiger partial charge in [-0.2, -0.15) is 65.3 Å². The first-order valence-electron chi connectivity index (χ1n) is 10.2. The molecule has 0 aromatic carbocycles. The van der Waals surface area contributed by atoms with Crippen LogP contribution < -0.4 is 0 Å². The van der Waals surface area contributed by atoms with Crippen LogP contribution >= 0.6 is 12.6 Å². The fourth-order valence-electron chi connectivity index (χ4n) is 1.91. The molecule has 236 valence electrons. The van der Waals surface area contributed by atoms with E-state index < -0.39 is 69.0 Å². The molecule has 0 atom stereocenters. The Morgan fingerprint density at radius 3 is 1.10 bits per heavy atom. The Kier molecular flexibility index (Phi) is 16.2. The lowest BCUT2D eigenvalue weighted by Gasteiger charge is -2.34. The van der Waals surface area contributed by atoms with Gasteiger partial charge in [0.2, 0.25) is 0 Å². The van der Waals surface area contributed by atoms with E-state index in [1.807, 2.05) is 4.74 Å². The Bertz CT molecular complexity index is 677. The first kappa shape index (κ1) is 38.1. The van der Waals surface area contributed by atoms with Crippen LogP contribution in [0.15, 0.2) is 0 Å². The van der Waals surface area contributed by atoms with Crippen molar-refractivity contribution < 1.29 is 95.7 Å². The summed E-state index contributed by atoms with van der Waals surface area (Å²) in [7, 11) is 0. The van der Waals surface area contributed by atoms with Gasteiger partial charge in [0.15, 0.2) is 0 Å². The molecule has 0 unspecified atom stereocenters. The molecule has 0 spiro atoms. The number of ether oxygens (including phenoxy) is 8. The first-order valence-corrected chi connectivity index (χ1v) is 10.9. The molecule has 0 saturated heterocycles. The van der Waals surface area contributed by atoms with Gasteiger partial charge in [0.05, 0.1) is 58.8 Å². The minimum Gasteiger partial charge on any atom is -0.394 e. The van der Waals surface area contributed by atoms with E-state index in [9.17, 15) is 52.7 Å². The third kappa shape index (κ3) is 15.1. The fraction of sp³-hybridized carbons (Fsp3) is 1.00. The van der Waals surface area contributed by atoms with Crippen molar-refractivity contribution >= 4 is 12.6 Å². The lowest BCUT2D eigenvalue weighted by Crippen LogP contribution is -2.58. The van der Waals surface area contributed by atoms with E-state index in [1.165, 1.54) is 0 Å². The third-order valence-corrected chi connectivity index (χ3v) is 3.65. The maximum absolute atomic E-state index is 13.5. The van der Waals surface area contributed by atoms with Gasteiger partial charge >= 0.3 is 36.7 Å². The summed E-state index contributed by atoms with van der Waals surface area (Å²) in [5.74, 6) is -0.859. The molecule has 22 heteroatoms. The Hall–Kier alpha value is -0.850. The average molecular weight is 632 g/mol. The molecule has 0 rings (SSSR count). The van der Waals surface area contributed by atoms with Gasteiger partial charge in [0, 0.05) is 0 Å². The number of aliphatic hydroxyl groups is 1. The number of hydrogen-bond acceptors (Lipinski definition) is 10. The van der Waals surface area contributed by atoms with Crippen molar-refractivity contribution in [2.24, 2.45) is 0 Å². The summed E-state index contributed by atoms with van der Waals surface area (Å²) < 4.78 is 190. The summed E-state index contributed by atoms with van der Waals surface area (Å²) in [6.07, 6.45) is -37.9. The number of thiol groups is 1. The molecule has 0 amide bonds. The second-order valence-corrected chi connectivity index (χ2v) is 7.00. The van der Waals surface area contributed by atoms with Crippen molar-refractivity contribution in [3.63, 3.8) is 0 Å². The minimum absolute atomic E-state index is 0.00113. The number of rotatable bonds is 24. The highest BCUT2D eigenvalue weighted by atomic mass is 32.1. The van der Waals surface area contributed by atoms with Crippen LogP contribution in [0.4, 0.5) is 52.7 Å². The van der Waals surface area contributed by atoms with Gasteiger partial charge in [-0.3, -0.25) is 0 Å². The molecular weight excluding hydrogens is 608 g/mol. The number of aliphatic hydroxyl groups excluding tert-OH is 1. The third-order valence-electron chi connectivity index (χ3n) is 3.47. The highest BCUT2D eigenvalue weighted by Crippen LogP contribution is 2.48. The van der Waals surface area contributed by atoms with E-state index in [2.05, 4.69) is 31.6 Å². The maximum Gasteiger partial charge on any atom is 0.453 e. The van der Waals surface area contributed by atoms with Crippen LogP contribution in [0.25, 0.3) is 0 Å². The van der Waals surface area contributed by atoms with Crippen LogP contribution in [-0.2, 0) is 37.9 Å². The van der Waals surface area contributed by atoms with Crippen LogP contribution in [0.2, 0.25) is 0 Å². The molecule has 39 heavy (non-hydrogen) atoms. The molecule has 0 aromatic rings. The van der Waals surface area contributed by atoms with Crippen LogP contribution in [0, 0.1) is 0 Å². The van der Waals surface area contributed by atoms with Gasteiger partial charge in [0.25, 0.3) is 0 Å². The van der Waals surface area contributed by atoms with E-state index in [1.54, 1.807) is 0 Å². The quantitative estimate of drug-likeness (QED) is 0.0718. The second kappa shape index (κ2) is 16.6. The zero-order chi connectivity index (χ0) is 30.4. The van der Waals surface area contributed by atoms with Crippen molar-refractivity contribution in [1.82, 2.24) is 0 Å². The van der Waals surface area contributed by atoms with Gasteiger partial charge in [-0.05, 0) is 0 Å². The summed E-state index contributed by atoms with van der Waals surface area (Å²) in [5, 5.41) is 8.46. The highest BCUT2D eigenvalue weighted by molar-refractivity contribution is 7.80. The van der Waals surface area contributed by atoms with Crippen molar-refractivity contribution in [2.45, 2.75) is 36.7 Å². The molecule has 0 fully saturated rings. The minimum atomic E-state index is -6.95. The SMILES string of the molecule is OCCOCCOCCOCCOCC(F)(F)OC(F)(F)C(F)(F)OC(F)(F)C(F)(F)OC(F)(F)COCS. The van der Waals surface area contributed by atoms with Gasteiger partial charge in [-0.25, -0.2) is 14.2 Å². The Morgan fingerprint density at radius 2 is 0.744 bits per heavy atom. The predicted octanol–water partition coefficient (Wildman–Crippen LogP) is 3.56. The zero-order valence-corrected chi connectivity index (χ0v) is 20.4. The van der Waals surface area contributed by atoms with Crippen molar-refractivity contribution in [1.29, 1.82) is 0 Å². The van der Waals surface area contributed by atoms with Crippen molar-refractivity contribution in [3.8, 4) is 0 Å². The summed E-state index contributed by atoms with van der Waals surface area (Å²) in [6.45, 7) is -5.43. The van der Waals surface area contributed by atoms with Gasteiger partial charge in [-0.1, -0.05) is 0 Å². The van der Waals surface area contributed by atoms with Crippen molar-refractivity contribution in [2.75, 3.05) is 72.0 Å². The summed E-state index contributed by atoms with van der Waals surface area (Å²) in [4.78, 5) is 0. The zero-order valence-electron chi connectivity index (χ0n) is 19.5. The van der Waals surface area contributed by atoms with Gasteiger partial charge in [0.1, 0.15) is 13.2 Å². The molecule has 0 heterocycles. The molecule has 0 aliphatic carbocycles. The van der Waals surface area contributed by atoms with E-state index in [4.69, 9.17) is 19.3 Å². The van der Waals surface area contributed by atoms with Crippen molar-refractivity contribution in [3.05, 3.63) is 0 Å². The normalized spacial score (nSPS) is 14.3. The van der Waals surface area contributed by atoms with E-state index in [0.29, 0.717) is 0 Å². The largest absolute Gasteiger partial charge is 0.453 e. The monoisotopic (exact) mass is 632 g/mol. The van der Waals surface area contributed by atoms with Crippen LogP contribution in [0.1, 0.15) is 0 Å². The molecule has 9 nitrogen and oxygen atoms in total. The summed E-state index contributed by atoms with van der Waals surface area (Å²) >= 11 is 3.22. The molecule has 0 aliphatic heterocycles. The Balaban J connectivity index is 4.73. The molecule has 0 aliphatic rings. The highest BCUT2D eigenvalue weighted by Gasteiger charge is 2.74. The number of hydrogen-bond donors (Lipinski definition) is 2. The second-order valence-electron chi connectivity index (χ2n) is 6.74. The standard InChI is InChI=1S/C17H24F12O9S/c18-12(19,9-34-8-7-33-6-5-32-4-3-31-2-1-30)36-14(22,23)16(26,27)38-17(28,29)15(24,25)37-13(20,21)10-35-11-39/h30,39H,1-11H2. The first-order chi connectivity index (χ1) is 17.7. The van der Waals surface area contributed by atoms with E-state index in [0.717, 1.165) is 0 Å². The molecule has 0 saturated carbocycles. The molecule has 0 aromatic heterocycles. The van der Waals surface area contributed by atoms with Gasteiger partial charge in [-0.15, -0.1) is 0 Å². The lowest BCUT2D eigenvalue weighted by atomic mass is 10.5. The molecule has 0 radical (unpaired) electrons. The lowest BCUT2D eigenvalue weighted by molar-refractivity contribution is -0.558. The summed E-state index contributed by atoms with van der Waals surface area (Å²) in [5.41, 5.74) is 0. The van der Waals surface area contributed by atoms with Crippen LogP contribution in [0.5, 0.6) is 0 Å². The van der Waals surface area contributed by atoms with Crippen LogP contribution in [0.3, 0.4) is 0 Å². The maximum atomic E-state index is 13.5. The topological polar surface area (TPSA) is 94.1 Å². The summed E-state index contributed by atoms with van der Waals surface area (Å²) in [6, 6.07) is 0. The molecular formula is C17H24F12O9S. The van der Waals surface area contributed by atoms with Crippen LogP contribution in [-0.4, -0.2) is 114 Å². The molecule has 0 bridgehead atoms. The predicted molar refractivity (Wildman–Crippen MR) is 103 cm³/mol. The Labute approximate surface area is 217 Å². The number of halogens is 12.